The summed E-state index contributed by atoms with van der Waals surface area (Å²) in [6, 6.07) is 2.88. The van der Waals surface area contributed by atoms with Gasteiger partial charge in [-0.1, -0.05) is 12.1 Å². The summed E-state index contributed by atoms with van der Waals surface area (Å²) < 4.78 is 56.9. The van der Waals surface area contributed by atoms with Gasteiger partial charge in [0.05, 0.1) is 35.1 Å². The highest BCUT2D eigenvalue weighted by Crippen LogP contribution is 2.26. The van der Waals surface area contributed by atoms with E-state index in [4.69, 9.17) is 4.74 Å². The summed E-state index contributed by atoms with van der Waals surface area (Å²) >= 11 is 0. The van der Waals surface area contributed by atoms with E-state index in [9.17, 15) is 21.6 Å². The largest absolute Gasteiger partial charge is 0.450 e. The monoisotopic (exact) mass is 430 g/mol. The molecule has 1 N–H and O–H groups in total. The summed E-state index contributed by atoms with van der Waals surface area (Å²) in [4.78, 5) is 11.9. The van der Waals surface area contributed by atoms with Gasteiger partial charge in [0.2, 0.25) is 10.0 Å². The Bertz CT molecular complexity index is 956. The van der Waals surface area contributed by atoms with Crippen LogP contribution in [0.2, 0.25) is 0 Å². The number of nitrogens with zero attached hydrogens (tertiary/aromatic N) is 1. The second-order valence-electron chi connectivity index (χ2n) is 6.73. The van der Waals surface area contributed by atoms with Crippen molar-refractivity contribution in [3.63, 3.8) is 0 Å². The molecule has 0 aliphatic carbocycles. The van der Waals surface area contributed by atoms with Crippen molar-refractivity contribution in [3.05, 3.63) is 42.0 Å². The molecule has 1 fully saturated rings. The standard InChI is InChI=1S/C18H26N2O6S2/c1-5-9-20(28(24,25)15-8-7-13(3)14(4)10-15)17-12-27(22,23)11-16(17)19-18(21)26-6-2/h5,7-8,10,16-17H,1,6,9,11-12H2,2-4H3,(H,19,21)/t16-,17+/m1/s1. The maximum atomic E-state index is 13.3. The molecule has 0 radical (unpaired) electrons. The van der Waals surface area contributed by atoms with Crippen LogP contribution in [0, 0.1) is 13.8 Å². The number of carbonyl (C=O) groups is 1. The quantitative estimate of drug-likeness (QED) is 0.655. The van der Waals surface area contributed by atoms with Crippen molar-refractivity contribution in [1.29, 1.82) is 0 Å². The number of sulfone groups is 1. The lowest BCUT2D eigenvalue weighted by atomic mass is 10.1. The molecule has 0 aromatic heterocycles. The zero-order chi connectivity index (χ0) is 21.1. The summed E-state index contributed by atoms with van der Waals surface area (Å²) in [5, 5.41) is 2.49. The van der Waals surface area contributed by atoms with Gasteiger partial charge in [-0.3, -0.25) is 0 Å². The molecule has 1 aromatic carbocycles. The Labute approximate surface area is 166 Å². The van der Waals surface area contributed by atoms with Crippen LogP contribution in [-0.2, 0) is 24.6 Å². The van der Waals surface area contributed by atoms with E-state index in [1.54, 1.807) is 26.0 Å². The van der Waals surface area contributed by atoms with E-state index in [0.29, 0.717) is 0 Å². The predicted octanol–water partition coefficient (Wildman–Crippen LogP) is 1.39. The summed E-state index contributed by atoms with van der Waals surface area (Å²) in [6.07, 6.45) is 0.613. The first-order chi connectivity index (χ1) is 13.0. The van der Waals surface area contributed by atoms with E-state index in [1.165, 1.54) is 12.1 Å². The lowest BCUT2D eigenvalue weighted by molar-refractivity contribution is 0.145. The van der Waals surface area contributed by atoms with E-state index >= 15 is 0 Å². The van der Waals surface area contributed by atoms with E-state index in [-0.39, 0.29) is 29.6 Å². The molecule has 1 aliphatic heterocycles. The Morgan fingerprint density at radius 2 is 2.00 bits per heavy atom. The minimum Gasteiger partial charge on any atom is -0.450 e. The van der Waals surface area contributed by atoms with Crippen LogP contribution in [0.25, 0.3) is 0 Å². The first kappa shape index (κ1) is 22.4. The number of hydrogen-bond donors (Lipinski definition) is 1. The molecule has 1 saturated heterocycles. The molecule has 1 aliphatic rings. The number of rotatable bonds is 7. The summed E-state index contributed by atoms with van der Waals surface area (Å²) in [5.74, 6) is -0.742. The van der Waals surface area contributed by atoms with Crippen LogP contribution in [0.15, 0.2) is 35.7 Å². The third kappa shape index (κ3) is 4.92. The van der Waals surface area contributed by atoms with Gasteiger partial charge in [0.15, 0.2) is 9.84 Å². The summed E-state index contributed by atoms with van der Waals surface area (Å²) in [7, 11) is -7.55. The molecule has 1 aromatic rings. The van der Waals surface area contributed by atoms with Gasteiger partial charge >= 0.3 is 6.09 Å². The molecular weight excluding hydrogens is 404 g/mol. The van der Waals surface area contributed by atoms with E-state index in [2.05, 4.69) is 11.9 Å². The first-order valence-electron chi connectivity index (χ1n) is 8.85. The Hall–Kier alpha value is -1.91. The van der Waals surface area contributed by atoms with Gasteiger partial charge < -0.3 is 10.1 Å². The minimum absolute atomic E-state index is 0.0663. The molecule has 2 atom stereocenters. The van der Waals surface area contributed by atoms with Crippen LogP contribution in [0.1, 0.15) is 18.1 Å². The zero-order valence-electron chi connectivity index (χ0n) is 16.2. The number of benzene rings is 1. The smallest absolute Gasteiger partial charge is 0.407 e. The summed E-state index contributed by atoms with van der Waals surface area (Å²) in [5.41, 5.74) is 1.75. The average Bonchev–Trinajstić information content (AvgIpc) is 2.88. The van der Waals surface area contributed by atoms with Crippen molar-refractivity contribution in [2.45, 2.75) is 37.8 Å². The average molecular weight is 431 g/mol. The Balaban J connectivity index is 2.45. The van der Waals surface area contributed by atoms with Gasteiger partial charge in [-0.2, -0.15) is 4.31 Å². The van der Waals surface area contributed by atoms with Crippen LogP contribution >= 0.6 is 0 Å². The number of carbonyl (C=O) groups excluding carboxylic acids is 1. The number of amides is 1. The van der Waals surface area contributed by atoms with Crippen LogP contribution in [-0.4, -0.2) is 64.0 Å². The number of aryl methyl sites for hydroxylation is 2. The molecule has 0 bridgehead atoms. The number of nitrogens with one attached hydrogen (secondary N) is 1. The Morgan fingerprint density at radius 3 is 2.57 bits per heavy atom. The van der Waals surface area contributed by atoms with Crippen molar-refractivity contribution >= 4 is 26.0 Å². The number of ether oxygens (including phenoxy) is 1. The van der Waals surface area contributed by atoms with Gasteiger partial charge in [0, 0.05) is 6.54 Å². The van der Waals surface area contributed by atoms with Crippen LogP contribution < -0.4 is 5.32 Å². The molecule has 0 unspecified atom stereocenters. The fraction of sp³-hybridized carbons (Fsp3) is 0.500. The van der Waals surface area contributed by atoms with Gasteiger partial charge in [0.25, 0.3) is 0 Å². The molecule has 0 saturated carbocycles. The Morgan fingerprint density at radius 1 is 1.32 bits per heavy atom. The Kier molecular flexibility index (Phi) is 6.89. The van der Waals surface area contributed by atoms with Crippen molar-refractivity contribution in [2.75, 3.05) is 24.7 Å². The van der Waals surface area contributed by atoms with Crippen molar-refractivity contribution in [2.24, 2.45) is 0 Å². The fourth-order valence-electron chi connectivity index (χ4n) is 3.12. The van der Waals surface area contributed by atoms with Crippen LogP contribution in [0.5, 0.6) is 0 Å². The molecular formula is C18H26N2O6S2. The third-order valence-electron chi connectivity index (χ3n) is 4.67. The molecule has 0 spiro atoms. The molecule has 10 heteroatoms. The van der Waals surface area contributed by atoms with Gasteiger partial charge in [-0.25, -0.2) is 21.6 Å². The van der Waals surface area contributed by atoms with Crippen molar-refractivity contribution in [3.8, 4) is 0 Å². The molecule has 8 nitrogen and oxygen atoms in total. The number of alkyl carbamates (subject to hydrolysis) is 1. The van der Waals surface area contributed by atoms with Gasteiger partial charge in [0.1, 0.15) is 0 Å². The second kappa shape index (κ2) is 8.62. The second-order valence-corrected chi connectivity index (χ2v) is 10.8. The van der Waals surface area contributed by atoms with E-state index < -0.39 is 38.0 Å². The zero-order valence-corrected chi connectivity index (χ0v) is 17.8. The molecule has 1 heterocycles. The maximum absolute atomic E-state index is 13.3. The molecule has 28 heavy (non-hydrogen) atoms. The fourth-order valence-corrected chi connectivity index (χ4v) is 6.86. The summed E-state index contributed by atoms with van der Waals surface area (Å²) in [6.45, 7) is 8.92. The minimum atomic E-state index is -4.01. The van der Waals surface area contributed by atoms with Gasteiger partial charge in [-0.15, -0.1) is 6.58 Å². The first-order valence-corrected chi connectivity index (χ1v) is 12.1. The van der Waals surface area contributed by atoms with E-state index in [0.717, 1.165) is 15.4 Å². The van der Waals surface area contributed by atoms with Crippen molar-refractivity contribution in [1.82, 2.24) is 9.62 Å². The van der Waals surface area contributed by atoms with Crippen LogP contribution in [0.3, 0.4) is 0 Å². The van der Waals surface area contributed by atoms with Gasteiger partial charge in [-0.05, 0) is 44.0 Å². The highest BCUT2D eigenvalue weighted by molar-refractivity contribution is 7.92. The highest BCUT2D eigenvalue weighted by atomic mass is 32.2. The lowest BCUT2D eigenvalue weighted by Crippen LogP contribution is -2.53. The van der Waals surface area contributed by atoms with E-state index in [1.807, 2.05) is 6.92 Å². The van der Waals surface area contributed by atoms with Crippen LogP contribution in [0.4, 0.5) is 4.79 Å². The topological polar surface area (TPSA) is 110 Å². The molecule has 1 amide bonds. The third-order valence-corrected chi connectivity index (χ3v) is 8.27. The number of hydrogen-bond acceptors (Lipinski definition) is 6. The normalized spacial score (nSPS) is 21.4. The SMILES string of the molecule is C=CCN([C@H]1CS(=O)(=O)C[C@H]1NC(=O)OCC)S(=O)(=O)c1ccc(C)c(C)c1. The highest BCUT2D eigenvalue weighted by Gasteiger charge is 2.46. The molecule has 2 rings (SSSR count). The molecule has 156 valence electrons. The number of sulfonamides is 1. The predicted molar refractivity (Wildman–Crippen MR) is 106 cm³/mol. The lowest BCUT2D eigenvalue weighted by Gasteiger charge is -2.30. The van der Waals surface area contributed by atoms with Crippen molar-refractivity contribution < 1.29 is 26.4 Å². The maximum Gasteiger partial charge on any atom is 0.407 e.